The molecule has 0 saturated carbocycles. The van der Waals surface area contributed by atoms with Crippen molar-refractivity contribution in [3.05, 3.63) is 105 Å². The monoisotopic (exact) mass is 868 g/mol. The van der Waals surface area contributed by atoms with Crippen LogP contribution in [0.15, 0.2) is 58.1 Å². The van der Waals surface area contributed by atoms with Crippen LogP contribution in [-0.2, 0) is 26.7 Å². The molecule has 4 heterocycles. The van der Waals surface area contributed by atoms with Crippen LogP contribution in [0.3, 0.4) is 0 Å². The molecule has 4 aromatic heterocycles. The third kappa shape index (κ3) is 12.4. The third-order valence-electron chi connectivity index (χ3n) is 8.26. The van der Waals surface area contributed by atoms with Crippen LogP contribution >= 0.6 is 0 Å². The molecule has 6 aromatic rings. The minimum absolute atomic E-state index is 0. The number of carboxylic acid groups (broad SMARTS) is 1. The van der Waals surface area contributed by atoms with E-state index in [0.29, 0.717) is 45.2 Å². The molecule has 16 nitrogen and oxygen atoms in total. The summed E-state index contributed by atoms with van der Waals surface area (Å²) in [6.45, 7) is 13.0. The van der Waals surface area contributed by atoms with Crippen LogP contribution in [-0.4, -0.2) is 73.9 Å². The molecule has 326 valence electrons. The van der Waals surface area contributed by atoms with Crippen molar-refractivity contribution in [2.24, 2.45) is 0 Å². The topological polar surface area (TPSA) is 239 Å². The molecule has 4 N–H and O–H groups in total. The number of esters is 1. The van der Waals surface area contributed by atoms with Gasteiger partial charge in [-0.2, -0.15) is 26.3 Å². The number of aliphatic carboxylic acids is 1. The minimum Gasteiger partial charge on any atom is -0.870 e. The molecule has 0 aliphatic rings. The molecule has 0 fully saturated rings. The van der Waals surface area contributed by atoms with Gasteiger partial charge in [0, 0.05) is 23.5 Å². The summed E-state index contributed by atoms with van der Waals surface area (Å²) < 4.78 is 96.3. The van der Waals surface area contributed by atoms with Crippen molar-refractivity contribution in [3.63, 3.8) is 0 Å². The molecule has 0 saturated heterocycles. The number of benzene rings is 2. The normalized spacial score (nSPS) is 11.9. The fraction of sp³-hybridized carbons (Fsp3) is 0.282. The van der Waals surface area contributed by atoms with Crippen LogP contribution < -0.4 is 18.9 Å². The molecule has 0 atom stereocenters. The van der Waals surface area contributed by atoms with Crippen molar-refractivity contribution in [2.45, 2.75) is 73.8 Å². The van der Waals surface area contributed by atoms with Crippen LogP contribution in [0.4, 0.5) is 26.3 Å². The van der Waals surface area contributed by atoms with Gasteiger partial charge in [0.15, 0.2) is 11.6 Å². The Morgan fingerprint density at radius 3 is 1.42 bits per heavy atom. The number of aryl methyl sites for hydroxylation is 6. The Morgan fingerprint density at radius 2 is 1.08 bits per heavy atom. The van der Waals surface area contributed by atoms with Crippen molar-refractivity contribution in [2.75, 3.05) is 0 Å². The standard InChI is InChI=1S/C21H21F3N4O3.C18H15F3N4O3.Li.2H2O/c1-11(2)30-20(29)17(18-13(4)27-31-14(18)5)9-28-10-25-19(26-28)15-6-12(3)7-16(8-15)21(22,23)24;1-9-4-12(6-13(5-9)18(19,20)21)16-22-8-25(23-16)7-14(17(26)27)15-10(2)24-28-11(15)3;;;/h6-11H,1-5H3;4-8H,1-3H3,(H,26,27);;2*1H2/q;;+1;;/p-1/b17-9+;14-7+;;;. The first-order valence-corrected chi connectivity index (χ1v) is 17.5. The second-order valence-corrected chi connectivity index (χ2v) is 13.5. The molecule has 62 heavy (non-hydrogen) atoms. The second kappa shape index (κ2) is 20.5. The predicted molar refractivity (Wildman–Crippen MR) is 205 cm³/mol. The maximum atomic E-state index is 13.1. The molecule has 2 aromatic carbocycles. The van der Waals surface area contributed by atoms with E-state index in [1.54, 1.807) is 54.5 Å². The molecule has 0 aliphatic heterocycles. The van der Waals surface area contributed by atoms with Crippen molar-refractivity contribution < 1.29 is 84.6 Å². The molecular formula is C39H39F6LiN8O8. The van der Waals surface area contributed by atoms with E-state index in [1.165, 1.54) is 42.7 Å². The first-order chi connectivity index (χ1) is 27.5. The van der Waals surface area contributed by atoms with E-state index in [1.807, 2.05) is 0 Å². The molecule has 0 bridgehead atoms. The molecular weight excluding hydrogens is 829 g/mol. The van der Waals surface area contributed by atoms with Crippen LogP contribution in [0.1, 0.15) is 70.1 Å². The smallest absolute Gasteiger partial charge is 0.870 e. The van der Waals surface area contributed by atoms with Gasteiger partial charge in [0.05, 0.1) is 50.9 Å². The van der Waals surface area contributed by atoms with Gasteiger partial charge < -0.3 is 29.8 Å². The van der Waals surface area contributed by atoms with Crippen LogP contribution in [0.25, 0.3) is 46.3 Å². The quantitative estimate of drug-likeness (QED) is 0.0891. The maximum absolute atomic E-state index is 13.1. The molecule has 6 rings (SSSR count). The van der Waals surface area contributed by atoms with Gasteiger partial charge in [0.25, 0.3) is 0 Å². The van der Waals surface area contributed by atoms with Gasteiger partial charge in [0.2, 0.25) is 0 Å². The molecule has 0 radical (unpaired) electrons. The summed E-state index contributed by atoms with van der Waals surface area (Å²) in [4.78, 5) is 32.4. The molecule has 0 spiro atoms. The predicted octanol–water partition coefficient (Wildman–Crippen LogP) is 4.79. The maximum Gasteiger partial charge on any atom is 1.00 e. The van der Waals surface area contributed by atoms with E-state index in [9.17, 15) is 41.0 Å². The zero-order valence-electron chi connectivity index (χ0n) is 34.6. The average molecular weight is 869 g/mol. The van der Waals surface area contributed by atoms with Crippen molar-refractivity contribution >= 4 is 35.5 Å². The Balaban J connectivity index is 0.000000409. The van der Waals surface area contributed by atoms with E-state index in [4.69, 9.17) is 13.8 Å². The number of hydrogen-bond donors (Lipinski definition) is 1. The minimum atomic E-state index is -4.50. The van der Waals surface area contributed by atoms with Gasteiger partial charge in [-0.15, -0.1) is 10.2 Å². The number of carbonyl (C=O) groups excluding carboxylic acids is 1. The first-order valence-electron chi connectivity index (χ1n) is 17.5. The fourth-order valence-corrected chi connectivity index (χ4v) is 5.81. The summed E-state index contributed by atoms with van der Waals surface area (Å²) in [6.07, 6.45) is -4.25. The van der Waals surface area contributed by atoms with Gasteiger partial charge in [-0.25, -0.2) is 28.9 Å². The number of alkyl halides is 6. The van der Waals surface area contributed by atoms with Gasteiger partial charge in [-0.05, 0) is 103 Å². The number of carboxylic acids is 1. The Morgan fingerprint density at radius 1 is 0.694 bits per heavy atom. The number of carbonyl (C=O) groups is 2. The Labute approximate surface area is 361 Å². The van der Waals surface area contributed by atoms with Gasteiger partial charge in [0.1, 0.15) is 24.2 Å². The molecule has 0 unspecified atom stereocenters. The zero-order chi connectivity index (χ0) is 43.6. The van der Waals surface area contributed by atoms with E-state index < -0.39 is 35.4 Å². The molecule has 23 heteroatoms. The summed E-state index contributed by atoms with van der Waals surface area (Å²) in [5.74, 6) is -0.995. The summed E-state index contributed by atoms with van der Waals surface area (Å²) in [6, 6.07) is 7.09. The summed E-state index contributed by atoms with van der Waals surface area (Å²) >= 11 is 0. The SMILES string of the molecule is Cc1cc(-c2ncn(/C=C(/C(=O)O)c3c(C)noc3C)n2)cc(C(F)(F)F)c1.Cc1cc(-c2ncn(/C=C(/C(=O)OC(C)C)c3c(C)noc3C)n2)cc(C(F)(F)F)c1.O.[Li+].[OH-]. The number of halogens is 6. The summed E-state index contributed by atoms with van der Waals surface area (Å²) in [7, 11) is 0. The van der Waals surface area contributed by atoms with Gasteiger partial charge in [-0.1, -0.05) is 10.3 Å². The number of nitrogens with zero attached hydrogens (tertiary/aromatic N) is 8. The average Bonchev–Trinajstić information content (AvgIpc) is 3.93. The third-order valence-corrected chi connectivity index (χ3v) is 8.26. The van der Waals surface area contributed by atoms with Crippen LogP contribution in [0, 0.1) is 41.5 Å². The van der Waals surface area contributed by atoms with Gasteiger partial charge >= 0.3 is 43.2 Å². The Bertz CT molecular complexity index is 2550. The van der Waals surface area contributed by atoms with Crippen molar-refractivity contribution in [1.82, 2.24) is 39.8 Å². The zero-order valence-corrected chi connectivity index (χ0v) is 34.6. The van der Waals surface area contributed by atoms with Crippen molar-refractivity contribution in [1.29, 1.82) is 0 Å². The summed E-state index contributed by atoms with van der Waals surface area (Å²) in [5, 5.41) is 25.4. The molecule has 0 amide bonds. The number of aromatic nitrogens is 8. The first kappa shape index (κ1) is 51.8. The van der Waals surface area contributed by atoms with E-state index >= 15 is 0 Å². The Kier molecular flexibility index (Phi) is 17.1. The molecule has 0 aliphatic carbocycles. The Hall–Kier alpha value is -6.34. The number of rotatable bonds is 9. The fourth-order valence-electron chi connectivity index (χ4n) is 5.81. The van der Waals surface area contributed by atoms with E-state index in [0.717, 1.165) is 28.9 Å². The second-order valence-electron chi connectivity index (χ2n) is 13.5. The van der Waals surface area contributed by atoms with Crippen LogP contribution in [0.5, 0.6) is 0 Å². The summed E-state index contributed by atoms with van der Waals surface area (Å²) in [5.41, 5.74) is 1.26. The number of ether oxygens (including phenoxy) is 1. The van der Waals surface area contributed by atoms with E-state index in [-0.39, 0.29) is 69.8 Å². The van der Waals surface area contributed by atoms with E-state index in [2.05, 4.69) is 30.5 Å². The van der Waals surface area contributed by atoms with Crippen LogP contribution in [0.2, 0.25) is 0 Å². The van der Waals surface area contributed by atoms with Crippen molar-refractivity contribution in [3.8, 4) is 22.8 Å². The number of hydrogen-bond acceptors (Lipinski definition) is 12. The largest absolute Gasteiger partial charge is 1.00 e. The van der Waals surface area contributed by atoms with Gasteiger partial charge in [-0.3, -0.25) is 0 Å².